The fourth-order valence-electron chi connectivity index (χ4n) is 5.43. The molecule has 1 saturated heterocycles. The Kier molecular flexibility index (Phi) is 8.63. The molecule has 0 saturated carbocycles. The number of halogens is 2. The molecule has 1 aliphatic rings. The van der Waals surface area contributed by atoms with Crippen LogP contribution < -0.4 is 5.32 Å². The zero-order valence-corrected chi connectivity index (χ0v) is 25.4. The number of nitrogens with one attached hydrogen (secondary N) is 1. The molecule has 0 aromatic carbocycles. The van der Waals surface area contributed by atoms with Gasteiger partial charge in [-0.2, -0.15) is 15.4 Å². The van der Waals surface area contributed by atoms with Crippen LogP contribution in [0.1, 0.15) is 24.6 Å². The first-order valence-electron chi connectivity index (χ1n) is 13.6. The molecule has 1 aliphatic heterocycles. The maximum absolute atomic E-state index is 15.5. The lowest BCUT2D eigenvalue weighted by molar-refractivity contribution is 0.0899. The summed E-state index contributed by atoms with van der Waals surface area (Å²) in [5.74, 6) is -0.668. The Hall–Kier alpha value is -3.79. The van der Waals surface area contributed by atoms with E-state index in [1.165, 1.54) is 12.4 Å². The highest BCUT2D eigenvalue weighted by Gasteiger charge is 2.47. The monoisotopic (exact) mass is 607 g/mol. The number of ether oxygens (including phenoxy) is 1. The second kappa shape index (κ2) is 12.2. The highest BCUT2D eigenvalue weighted by Crippen LogP contribution is 2.44. The molecule has 0 amide bonds. The fraction of sp³-hybridized carbons (Fsp3) is 0.429. The third kappa shape index (κ3) is 5.90. The number of pyridine rings is 1. The lowest BCUT2D eigenvalue weighted by Gasteiger charge is -2.35. The summed E-state index contributed by atoms with van der Waals surface area (Å²) in [4.78, 5) is 27.5. The summed E-state index contributed by atoms with van der Waals surface area (Å²) in [5, 5.41) is 18.4. The first-order valence-corrected chi connectivity index (χ1v) is 17.7. The van der Waals surface area contributed by atoms with Crippen molar-refractivity contribution in [3.05, 3.63) is 53.7 Å². The van der Waals surface area contributed by atoms with Gasteiger partial charge in [-0.25, -0.2) is 24.1 Å². The van der Waals surface area contributed by atoms with Crippen LogP contribution in [0, 0.1) is 17.1 Å². The molecule has 0 spiro atoms. The van der Waals surface area contributed by atoms with Gasteiger partial charge in [-0.1, -0.05) is 31.2 Å². The van der Waals surface area contributed by atoms with Crippen molar-refractivity contribution in [3.63, 3.8) is 0 Å². The van der Waals surface area contributed by atoms with Crippen molar-refractivity contribution in [1.82, 2.24) is 34.6 Å². The highest BCUT2D eigenvalue weighted by molar-refractivity contribution is 6.76. The van der Waals surface area contributed by atoms with Crippen molar-refractivity contribution >= 4 is 42.5 Å². The van der Waals surface area contributed by atoms with Crippen molar-refractivity contribution in [2.45, 2.75) is 56.7 Å². The molecule has 0 aliphatic carbocycles. The molecule has 4 aromatic heterocycles. The van der Waals surface area contributed by atoms with Crippen LogP contribution in [0.4, 0.5) is 10.1 Å². The van der Waals surface area contributed by atoms with Crippen LogP contribution >= 0.6 is 11.6 Å². The Bertz CT molecular complexity index is 1680. The topological polar surface area (TPSA) is 136 Å². The lowest BCUT2D eigenvalue weighted by atomic mass is 9.74. The molecule has 1 fully saturated rings. The maximum atomic E-state index is 15.5. The van der Waals surface area contributed by atoms with E-state index >= 15 is 4.39 Å². The van der Waals surface area contributed by atoms with Gasteiger partial charge in [-0.15, -0.1) is 0 Å². The minimum atomic E-state index is -1.19. The fourth-order valence-corrected chi connectivity index (χ4v) is 6.37. The van der Waals surface area contributed by atoms with Crippen molar-refractivity contribution in [2.75, 3.05) is 19.7 Å². The number of aromatic nitrogens is 6. The van der Waals surface area contributed by atoms with E-state index in [0.717, 1.165) is 28.7 Å². The van der Waals surface area contributed by atoms with Crippen LogP contribution in [-0.2, 0) is 21.7 Å². The van der Waals surface area contributed by atoms with E-state index in [4.69, 9.17) is 16.3 Å². The molecule has 0 unspecified atom stereocenters. The van der Waals surface area contributed by atoms with E-state index in [1.54, 1.807) is 10.9 Å². The smallest absolute Gasteiger partial charge is 0.240 e. The van der Waals surface area contributed by atoms with E-state index in [-0.39, 0.29) is 23.0 Å². The number of nitriles is 1. The average molecular weight is 608 g/mol. The second-order valence-electron chi connectivity index (χ2n) is 11.6. The first-order chi connectivity index (χ1) is 20.2. The summed E-state index contributed by atoms with van der Waals surface area (Å²) in [6.45, 7) is 8.97. The van der Waals surface area contributed by atoms with Crippen molar-refractivity contribution in [3.8, 4) is 17.3 Å². The molecule has 0 bridgehead atoms. The quantitative estimate of drug-likeness (QED) is 0.0813. The van der Waals surface area contributed by atoms with Gasteiger partial charge in [0.15, 0.2) is 5.15 Å². The minimum absolute atomic E-state index is 0.0418. The van der Waals surface area contributed by atoms with Gasteiger partial charge in [0, 0.05) is 50.6 Å². The number of nitrogens with zero attached hydrogens (tertiary/aromatic N) is 8. The Morgan fingerprint density at radius 2 is 2.19 bits per heavy atom. The summed E-state index contributed by atoms with van der Waals surface area (Å²) in [6, 6.07) is 5.76. The van der Waals surface area contributed by atoms with E-state index in [9.17, 15) is 10.1 Å². The third-order valence-corrected chi connectivity index (χ3v) is 9.62. The SMILES string of the molecule is C[Si](C)(C)CCOCn1ccc2c(-c3cnn([C@@H](CC#N)[C@]4(c5nc(Cl)c(N=C=O)cc5F)CCNC4)c3)ncnc21. The maximum Gasteiger partial charge on any atom is 0.240 e. The van der Waals surface area contributed by atoms with Crippen LogP contribution in [0.15, 0.2) is 42.0 Å². The zero-order chi connectivity index (χ0) is 29.9. The van der Waals surface area contributed by atoms with Crippen LogP contribution in [0.25, 0.3) is 22.3 Å². The summed E-state index contributed by atoms with van der Waals surface area (Å²) >= 11 is 6.27. The molecular formula is C28H31ClFN9O2Si. The zero-order valence-electron chi connectivity index (χ0n) is 23.6. The van der Waals surface area contributed by atoms with Crippen LogP contribution in [-0.4, -0.2) is 63.1 Å². The highest BCUT2D eigenvalue weighted by atomic mass is 35.5. The number of hydrogen-bond donors (Lipinski definition) is 1. The molecule has 0 radical (unpaired) electrons. The largest absolute Gasteiger partial charge is 0.361 e. The molecule has 11 nitrogen and oxygen atoms in total. The number of aliphatic imine (C=N–C) groups is 1. The second-order valence-corrected chi connectivity index (χ2v) is 17.6. The Labute approximate surface area is 248 Å². The number of fused-ring (bicyclic) bond motifs is 1. The van der Waals surface area contributed by atoms with Crippen molar-refractivity contribution < 1.29 is 13.9 Å². The third-order valence-electron chi connectivity index (χ3n) is 7.64. The number of isocyanates is 1. The van der Waals surface area contributed by atoms with Crippen molar-refractivity contribution in [2.24, 2.45) is 4.99 Å². The van der Waals surface area contributed by atoms with Gasteiger partial charge in [-0.05, 0) is 25.1 Å². The lowest BCUT2D eigenvalue weighted by Crippen LogP contribution is -2.41. The van der Waals surface area contributed by atoms with Crippen LogP contribution in [0.5, 0.6) is 0 Å². The molecule has 42 heavy (non-hydrogen) atoms. The Morgan fingerprint density at radius 3 is 2.90 bits per heavy atom. The van der Waals surface area contributed by atoms with Crippen LogP contribution in [0.2, 0.25) is 30.8 Å². The first kappa shape index (κ1) is 29.7. The summed E-state index contributed by atoms with van der Waals surface area (Å²) < 4.78 is 25.1. The van der Waals surface area contributed by atoms with E-state index in [0.29, 0.717) is 38.5 Å². The molecule has 4 aromatic rings. The summed E-state index contributed by atoms with van der Waals surface area (Å²) in [7, 11) is -1.19. The molecule has 5 heterocycles. The summed E-state index contributed by atoms with van der Waals surface area (Å²) in [5.41, 5.74) is 1.21. The number of hydrogen-bond acceptors (Lipinski definition) is 9. The Balaban J connectivity index is 1.48. The van der Waals surface area contributed by atoms with Gasteiger partial charge >= 0.3 is 0 Å². The minimum Gasteiger partial charge on any atom is -0.361 e. The predicted octanol–water partition coefficient (Wildman–Crippen LogP) is 5.15. The number of rotatable bonds is 11. The number of carbonyl (C=O) groups excluding carboxylic acids is 1. The van der Waals surface area contributed by atoms with Gasteiger partial charge in [0.25, 0.3) is 0 Å². The molecule has 1 N–H and O–H groups in total. The van der Waals surface area contributed by atoms with Gasteiger partial charge in [0.05, 0.1) is 41.5 Å². The predicted molar refractivity (Wildman–Crippen MR) is 158 cm³/mol. The Morgan fingerprint density at radius 1 is 1.36 bits per heavy atom. The van der Waals surface area contributed by atoms with Gasteiger partial charge in [-0.3, -0.25) is 4.68 Å². The van der Waals surface area contributed by atoms with E-state index in [1.807, 2.05) is 23.0 Å². The standard InChI is InChI=1S/C28H31ClFN9O2Si/c1-42(2,3)11-10-41-18-38-9-5-20-24(33-16-34-27(20)38)19-13-36-39(14-19)23(4-7-31)28(6-8-32-15-28)25-21(30)12-22(35-17-40)26(29)37-25/h5,9,12-14,16,23,32H,4,6,8,10-11,15,18H2,1-3H3/t23-,28-/m0/s1. The molecule has 5 rings (SSSR count). The van der Waals surface area contributed by atoms with E-state index < -0.39 is 25.3 Å². The van der Waals surface area contributed by atoms with Gasteiger partial charge in [0.2, 0.25) is 6.08 Å². The molecule has 218 valence electrons. The molecular weight excluding hydrogens is 577 g/mol. The molecule has 14 heteroatoms. The van der Waals surface area contributed by atoms with Gasteiger partial charge < -0.3 is 14.6 Å². The summed E-state index contributed by atoms with van der Waals surface area (Å²) in [6.07, 6.45) is 8.83. The normalized spacial score (nSPS) is 17.7. The average Bonchev–Trinajstić information content (AvgIpc) is 3.72. The van der Waals surface area contributed by atoms with E-state index in [2.05, 4.69) is 56.1 Å². The van der Waals surface area contributed by atoms with Gasteiger partial charge in [0.1, 0.15) is 30.2 Å². The molecule has 2 atom stereocenters. The van der Waals surface area contributed by atoms with Crippen molar-refractivity contribution in [1.29, 1.82) is 5.26 Å². The van der Waals surface area contributed by atoms with Crippen LogP contribution in [0.3, 0.4) is 0 Å².